The molecule has 17 heavy (non-hydrogen) atoms. The highest BCUT2D eigenvalue weighted by molar-refractivity contribution is 5.62. The van der Waals surface area contributed by atoms with Crippen LogP contribution in [-0.2, 0) is 0 Å². The Morgan fingerprint density at radius 1 is 1.35 bits per heavy atom. The molecule has 0 radical (unpaired) electrons. The maximum absolute atomic E-state index is 12.4. The third-order valence-corrected chi connectivity index (χ3v) is 2.69. The highest BCUT2D eigenvalue weighted by Gasteiger charge is 2.35. The van der Waals surface area contributed by atoms with Crippen molar-refractivity contribution in [2.24, 2.45) is 0 Å². The molecule has 6 heteroatoms. The predicted molar refractivity (Wildman–Crippen MR) is 59.6 cm³/mol. The number of alkyl halides is 3. The first-order valence-electron chi connectivity index (χ1n) is 5.20. The molecule has 0 bridgehead atoms. The molecule has 0 fully saturated rings. The van der Waals surface area contributed by atoms with Gasteiger partial charge in [-0.25, -0.2) is 4.98 Å². The molecule has 1 aromatic rings. The zero-order valence-electron chi connectivity index (χ0n) is 9.04. The lowest BCUT2D eigenvalue weighted by Gasteiger charge is -2.28. The van der Waals surface area contributed by atoms with E-state index in [4.69, 9.17) is 5.73 Å². The smallest absolute Gasteiger partial charge is 0.396 e. The minimum absolute atomic E-state index is 0.0283. The fourth-order valence-corrected chi connectivity index (χ4v) is 1.79. The van der Waals surface area contributed by atoms with Crippen LogP contribution in [0.4, 0.5) is 24.7 Å². The number of pyridine rings is 1. The summed E-state index contributed by atoms with van der Waals surface area (Å²) in [4.78, 5) is 5.82. The molecular formula is C11H12F3N3. The van der Waals surface area contributed by atoms with Gasteiger partial charge >= 0.3 is 6.18 Å². The first-order chi connectivity index (χ1) is 7.98. The summed E-state index contributed by atoms with van der Waals surface area (Å²) in [7, 11) is 0. The molecule has 1 aliphatic heterocycles. The zero-order chi connectivity index (χ0) is 12.5. The van der Waals surface area contributed by atoms with Gasteiger partial charge in [0.2, 0.25) is 0 Å². The summed E-state index contributed by atoms with van der Waals surface area (Å²) in [6.45, 7) is 0.475. The monoisotopic (exact) mass is 243 g/mol. The van der Waals surface area contributed by atoms with Crippen LogP contribution in [-0.4, -0.2) is 24.2 Å². The number of nitrogens with two attached hydrogens (primary N) is 1. The zero-order valence-corrected chi connectivity index (χ0v) is 9.04. The normalized spacial score (nSPS) is 16.9. The Bertz CT molecular complexity index is 440. The molecule has 0 saturated heterocycles. The maximum Gasteiger partial charge on any atom is 0.412 e. The average Bonchev–Trinajstić information content (AvgIpc) is 2.29. The molecule has 0 unspecified atom stereocenters. The topological polar surface area (TPSA) is 42.1 Å². The van der Waals surface area contributed by atoms with Crippen LogP contribution in [0.1, 0.15) is 6.42 Å². The molecule has 0 atom stereocenters. The standard InChI is InChI=1S/C11H12F3N3/c12-11(13,14)8-3-6-17(7-4-8)10-9(15)2-1-5-16-10/h1-3,5H,4,6-7,15H2. The third-order valence-electron chi connectivity index (χ3n) is 2.69. The van der Waals surface area contributed by atoms with Gasteiger partial charge in [-0.15, -0.1) is 0 Å². The van der Waals surface area contributed by atoms with Gasteiger partial charge in [-0.3, -0.25) is 0 Å². The number of nitrogens with zero attached hydrogens (tertiary/aromatic N) is 2. The fraction of sp³-hybridized carbons (Fsp3) is 0.364. The van der Waals surface area contributed by atoms with Gasteiger partial charge < -0.3 is 10.6 Å². The van der Waals surface area contributed by atoms with Crippen LogP contribution in [0.25, 0.3) is 0 Å². The van der Waals surface area contributed by atoms with Gasteiger partial charge in [0.1, 0.15) is 0 Å². The van der Waals surface area contributed by atoms with Gasteiger partial charge in [0.05, 0.1) is 5.69 Å². The van der Waals surface area contributed by atoms with E-state index < -0.39 is 11.7 Å². The van der Waals surface area contributed by atoms with E-state index in [1.807, 2.05) is 0 Å². The van der Waals surface area contributed by atoms with E-state index in [-0.39, 0.29) is 19.5 Å². The summed E-state index contributed by atoms with van der Waals surface area (Å²) in [6, 6.07) is 3.38. The van der Waals surface area contributed by atoms with E-state index in [1.54, 1.807) is 23.2 Å². The summed E-state index contributed by atoms with van der Waals surface area (Å²) in [5.41, 5.74) is 5.74. The van der Waals surface area contributed by atoms with Crippen molar-refractivity contribution in [3.05, 3.63) is 30.0 Å². The van der Waals surface area contributed by atoms with Crippen molar-refractivity contribution in [3.8, 4) is 0 Å². The quantitative estimate of drug-likeness (QED) is 0.770. The van der Waals surface area contributed by atoms with Crippen LogP contribution in [0, 0.1) is 0 Å². The molecule has 0 saturated carbocycles. The van der Waals surface area contributed by atoms with Crippen LogP contribution < -0.4 is 10.6 Å². The van der Waals surface area contributed by atoms with Gasteiger partial charge in [0.25, 0.3) is 0 Å². The molecule has 3 nitrogen and oxygen atoms in total. The van der Waals surface area contributed by atoms with Crippen molar-refractivity contribution in [3.63, 3.8) is 0 Å². The van der Waals surface area contributed by atoms with Crippen molar-refractivity contribution in [1.82, 2.24) is 4.98 Å². The van der Waals surface area contributed by atoms with E-state index in [2.05, 4.69) is 4.98 Å². The van der Waals surface area contributed by atoms with Crippen LogP contribution in [0.2, 0.25) is 0 Å². The number of rotatable bonds is 1. The molecule has 92 valence electrons. The first-order valence-corrected chi connectivity index (χ1v) is 5.20. The number of halogens is 3. The minimum atomic E-state index is -4.22. The van der Waals surface area contributed by atoms with Gasteiger partial charge in [-0.1, -0.05) is 6.08 Å². The second kappa shape index (κ2) is 4.27. The lowest BCUT2D eigenvalue weighted by Crippen LogP contribution is -2.32. The van der Waals surface area contributed by atoms with Crippen LogP contribution in [0.5, 0.6) is 0 Å². The second-order valence-electron chi connectivity index (χ2n) is 3.84. The van der Waals surface area contributed by atoms with Crippen molar-refractivity contribution in [2.45, 2.75) is 12.6 Å². The number of nitrogen functional groups attached to an aromatic ring is 1. The Morgan fingerprint density at radius 3 is 2.65 bits per heavy atom. The van der Waals surface area contributed by atoms with Crippen molar-refractivity contribution in [2.75, 3.05) is 23.7 Å². The SMILES string of the molecule is Nc1cccnc1N1CC=C(C(F)(F)F)CC1. The van der Waals surface area contributed by atoms with Gasteiger partial charge in [-0.2, -0.15) is 13.2 Å². The molecule has 2 N–H and O–H groups in total. The van der Waals surface area contributed by atoms with Crippen LogP contribution in [0.15, 0.2) is 30.0 Å². The van der Waals surface area contributed by atoms with Gasteiger partial charge in [0.15, 0.2) is 5.82 Å². The van der Waals surface area contributed by atoms with Crippen LogP contribution in [0.3, 0.4) is 0 Å². The third kappa shape index (κ3) is 2.51. The Kier molecular flexibility index (Phi) is 2.95. The average molecular weight is 243 g/mol. The van der Waals surface area contributed by atoms with Crippen molar-refractivity contribution < 1.29 is 13.2 Å². The van der Waals surface area contributed by atoms with Gasteiger partial charge in [0, 0.05) is 24.9 Å². The Hall–Kier alpha value is -1.72. The summed E-state index contributed by atoms with van der Waals surface area (Å²) in [5.74, 6) is 0.546. The number of aromatic nitrogens is 1. The summed E-state index contributed by atoms with van der Waals surface area (Å²) < 4.78 is 37.3. The van der Waals surface area contributed by atoms with E-state index in [0.717, 1.165) is 0 Å². The Balaban J connectivity index is 2.15. The Morgan fingerprint density at radius 2 is 2.12 bits per heavy atom. The molecule has 1 aromatic heterocycles. The van der Waals surface area contributed by atoms with E-state index in [0.29, 0.717) is 11.5 Å². The first kappa shape index (κ1) is 11.8. The van der Waals surface area contributed by atoms with Crippen LogP contribution >= 0.6 is 0 Å². The predicted octanol–water partition coefficient (Wildman–Crippen LogP) is 2.36. The lowest BCUT2D eigenvalue weighted by molar-refractivity contribution is -0.0944. The van der Waals surface area contributed by atoms with E-state index in [1.165, 1.54) is 6.08 Å². The largest absolute Gasteiger partial charge is 0.412 e. The second-order valence-corrected chi connectivity index (χ2v) is 3.84. The molecule has 0 aliphatic carbocycles. The van der Waals surface area contributed by atoms with E-state index >= 15 is 0 Å². The molecule has 0 spiro atoms. The van der Waals surface area contributed by atoms with Crippen molar-refractivity contribution >= 4 is 11.5 Å². The van der Waals surface area contributed by atoms with Gasteiger partial charge in [-0.05, 0) is 18.6 Å². The highest BCUT2D eigenvalue weighted by atomic mass is 19.4. The Labute approximate surface area is 96.7 Å². The summed E-state index contributed by atoms with van der Waals surface area (Å²) >= 11 is 0. The van der Waals surface area contributed by atoms with E-state index in [9.17, 15) is 13.2 Å². The molecule has 0 amide bonds. The number of hydrogen-bond donors (Lipinski definition) is 1. The van der Waals surface area contributed by atoms with Crippen molar-refractivity contribution in [1.29, 1.82) is 0 Å². The summed E-state index contributed by atoms with van der Waals surface area (Å²) in [6.07, 6.45) is -1.48. The lowest BCUT2D eigenvalue weighted by atomic mass is 10.1. The molecular weight excluding hydrogens is 231 g/mol. The number of hydrogen-bond acceptors (Lipinski definition) is 3. The molecule has 0 aromatic carbocycles. The fourth-order valence-electron chi connectivity index (χ4n) is 1.79. The maximum atomic E-state index is 12.4. The minimum Gasteiger partial charge on any atom is -0.396 e. The molecule has 2 heterocycles. The number of anilines is 2. The molecule has 1 aliphatic rings. The summed E-state index contributed by atoms with van der Waals surface area (Å²) in [5, 5.41) is 0. The molecule has 2 rings (SSSR count). The highest BCUT2D eigenvalue weighted by Crippen LogP contribution is 2.32.